The van der Waals surface area contributed by atoms with Gasteiger partial charge in [0.1, 0.15) is 0 Å². The molecular formula is C42H34F6O4P2Ru. The summed E-state index contributed by atoms with van der Waals surface area (Å²) in [5.74, 6) is -5.51. The molecule has 2 N–H and O–H groups in total. The Labute approximate surface area is 330 Å². The molecule has 0 aromatic heterocycles. The van der Waals surface area contributed by atoms with E-state index < -0.39 is 40.1 Å². The summed E-state index contributed by atoms with van der Waals surface area (Å²) in [6.07, 6.45) is -10.2. The van der Waals surface area contributed by atoms with E-state index in [4.69, 9.17) is 19.8 Å². The summed E-state index contributed by atoms with van der Waals surface area (Å²) in [5, 5.41) is 22.6. The number of hydrogen-bond acceptors (Lipinski definition) is 2. The van der Waals surface area contributed by atoms with Gasteiger partial charge < -0.3 is 10.2 Å². The molecule has 0 heterocycles. The van der Waals surface area contributed by atoms with E-state index in [9.17, 15) is 26.3 Å². The van der Waals surface area contributed by atoms with Crippen LogP contribution in [0.5, 0.6) is 0 Å². The molecule has 0 radical (unpaired) electrons. The van der Waals surface area contributed by atoms with Crippen LogP contribution < -0.4 is 31.8 Å². The van der Waals surface area contributed by atoms with E-state index in [0.717, 1.165) is 0 Å². The van der Waals surface area contributed by atoms with E-state index in [1.165, 1.54) is 54.1 Å². The maximum Gasteiger partial charge on any atom is 0.490 e. The van der Waals surface area contributed by atoms with Crippen molar-refractivity contribution in [2.24, 2.45) is 0 Å². The van der Waals surface area contributed by atoms with Crippen LogP contribution in [0.2, 0.25) is 0 Å². The fourth-order valence-corrected chi connectivity index (χ4v) is 10.6. The topological polar surface area (TPSA) is 74.6 Å². The molecule has 6 aromatic rings. The molecule has 0 unspecified atom stereocenters. The third-order valence-electron chi connectivity index (χ3n) is 7.78. The standard InChI is InChI=1S/C38H32P2.2C2HF3O2.Ru/c1-29-17-15-27-35(39(31-19-7-3-8-20-31)32-21-9-4-10-22-32)37(29)38-30(2)18-16-28-36(38)40(33-23-11-5-12-24-33)34-25-13-6-14-26-34;2*3-2(4,5)1(6)7;/h3-28H,1-2H3;2*(H,6,7);. The molecule has 0 bridgehead atoms. The van der Waals surface area contributed by atoms with Gasteiger partial charge >= 0.3 is 24.3 Å². The Kier molecular flexibility index (Phi) is 16.5. The SMILES string of the molecule is Cc1cccc(P(c2ccccc2)c2ccccc2)c1-c1c(C)cccc1P(c1ccccc1)c1ccccc1.O=C(O)C(F)(F)F.O=C(O)C(F)(F)F.[Ru]. The summed E-state index contributed by atoms with van der Waals surface area (Å²) >= 11 is 0. The zero-order valence-electron chi connectivity index (χ0n) is 29.2. The summed E-state index contributed by atoms with van der Waals surface area (Å²) in [7, 11) is -1.50. The number of benzene rings is 6. The summed E-state index contributed by atoms with van der Waals surface area (Å²) in [6.45, 7) is 4.57. The van der Waals surface area contributed by atoms with Crippen molar-refractivity contribution in [3.63, 3.8) is 0 Å². The van der Waals surface area contributed by atoms with Gasteiger partial charge in [0.15, 0.2) is 0 Å². The Balaban J connectivity index is 0.000000463. The second kappa shape index (κ2) is 20.3. The molecule has 0 fully saturated rings. The van der Waals surface area contributed by atoms with Gasteiger partial charge in [-0.1, -0.05) is 158 Å². The average Bonchev–Trinajstić information content (AvgIpc) is 3.14. The summed E-state index contributed by atoms with van der Waals surface area (Å²) in [6, 6.07) is 58.0. The smallest absolute Gasteiger partial charge is 0.475 e. The zero-order chi connectivity index (χ0) is 39.5. The largest absolute Gasteiger partial charge is 0.490 e. The van der Waals surface area contributed by atoms with E-state index >= 15 is 0 Å². The van der Waals surface area contributed by atoms with E-state index in [1.807, 2.05) is 0 Å². The monoisotopic (exact) mass is 880 g/mol. The van der Waals surface area contributed by atoms with Gasteiger partial charge in [0, 0.05) is 19.5 Å². The molecule has 13 heteroatoms. The van der Waals surface area contributed by atoms with E-state index in [-0.39, 0.29) is 19.5 Å². The van der Waals surface area contributed by atoms with Gasteiger partial charge in [0.05, 0.1) is 0 Å². The summed E-state index contributed by atoms with van der Waals surface area (Å²) < 4.78 is 63.5. The third kappa shape index (κ3) is 12.2. The number of aryl methyl sites for hydroxylation is 2. The maximum absolute atomic E-state index is 10.6. The summed E-state index contributed by atoms with van der Waals surface area (Å²) in [4.78, 5) is 17.8. The van der Waals surface area contributed by atoms with Crippen molar-refractivity contribution < 1.29 is 65.6 Å². The minimum atomic E-state index is -5.08. The second-order valence-corrected chi connectivity index (χ2v) is 15.9. The van der Waals surface area contributed by atoms with Crippen molar-refractivity contribution in [2.75, 3.05) is 0 Å². The maximum atomic E-state index is 10.6. The van der Waals surface area contributed by atoms with Gasteiger partial charge in [0.25, 0.3) is 0 Å². The number of rotatable bonds is 7. The van der Waals surface area contributed by atoms with Gasteiger partial charge in [-0.3, -0.25) is 0 Å². The molecule has 0 spiro atoms. The van der Waals surface area contributed by atoms with Crippen LogP contribution >= 0.6 is 15.8 Å². The van der Waals surface area contributed by atoms with Crippen molar-refractivity contribution in [2.45, 2.75) is 26.2 Å². The molecule has 0 saturated heterocycles. The Hall–Kier alpha value is -4.68. The van der Waals surface area contributed by atoms with Crippen molar-refractivity contribution in [3.05, 3.63) is 169 Å². The second-order valence-electron chi connectivity index (χ2n) is 11.6. The van der Waals surface area contributed by atoms with Crippen LogP contribution in [0.25, 0.3) is 11.1 Å². The first-order valence-electron chi connectivity index (χ1n) is 16.2. The molecule has 6 aromatic carbocycles. The molecule has 286 valence electrons. The Morgan fingerprint density at radius 2 is 0.636 bits per heavy atom. The van der Waals surface area contributed by atoms with Gasteiger partial charge in [-0.05, 0) is 83.8 Å². The quantitative estimate of drug-likeness (QED) is 0.0957. The predicted octanol–water partition coefficient (Wildman–Crippen LogP) is 8.75. The molecular weight excluding hydrogens is 845 g/mol. The molecule has 55 heavy (non-hydrogen) atoms. The molecule has 4 nitrogen and oxygen atoms in total. The number of halogens is 6. The fourth-order valence-electron chi connectivity index (χ4n) is 5.49. The zero-order valence-corrected chi connectivity index (χ0v) is 32.8. The third-order valence-corrected chi connectivity index (χ3v) is 12.7. The van der Waals surface area contributed by atoms with Gasteiger partial charge in [0.2, 0.25) is 0 Å². The number of aliphatic carboxylic acids is 2. The molecule has 6 rings (SSSR count). The van der Waals surface area contributed by atoms with E-state index in [2.05, 4.69) is 172 Å². The van der Waals surface area contributed by atoms with Crippen molar-refractivity contribution in [1.82, 2.24) is 0 Å². The van der Waals surface area contributed by atoms with Crippen LogP contribution in [0.1, 0.15) is 11.1 Å². The van der Waals surface area contributed by atoms with E-state index in [1.54, 1.807) is 0 Å². The number of hydrogen-bond donors (Lipinski definition) is 2. The van der Waals surface area contributed by atoms with Gasteiger partial charge in [-0.15, -0.1) is 0 Å². The molecule has 0 amide bonds. The number of alkyl halides is 6. The Bertz CT molecular complexity index is 1900. The fraction of sp³-hybridized carbons (Fsp3) is 0.0952. The van der Waals surface area contributed by atoms with Crippen LogP contribution in [0.15, 0.2) is 158 Å². The van der Waals surface area contributed by atoms with Crippen LogP contribution in [0.4, 0.5) is 26.3 Å². The predicted molar refractivity (Wildman–Crippen MR) is 206 cm³/mol. The van der Waals surface area contributed by atoms with Crippen molar-refractivity contribution in [1.29, 1.82) is 0 Å². The first-order valence-corrected chi connectivity index (χ1v) is 18.9. The van der Waals surface area contributed by atoms with E-state index in [0.29, 0.717) is 0 Å². The minimum Gasteiger partial charge on any atom is -0.475 e. The first-order chi connectivity index (χ1) is 25.6. The van der Waals surface area contributed by atoms with Crippen molar-refractivity contribution >= 4 is 59.6 Å². The first kappa shape index (κ1) is 44.7. The van der Waals surface area contributed by atoms with Crippen LogP contribution in [-0.4, -0.2) is 34.5 Å². The van der Waals surface area contributed by atoms with Crippen LogP contribution in [-0.2, 0) is 29.1 Å². The Morgan fingerprint density at radius 3 is 0.836 bits per heavy atom. The van der Waals surface area contributed by atoms with Crippen molar-refractivity contribution in [3.8, 4) is 11.1 Å². The minimum absolute atomic E-state index is 0. The average molecular weight is 880 g/mol. The number of carbonyl (C=O) groups is 2. The summed E-state index contributed by atoms with van der Waals surface area (Å²) in [5.41, 5.74) is 5.41. The molecule has 0 saturated carbocycles. The van der Waals surface area contributed by atoms with Crippen LogP contribution in [0.3, 0.4) is 0 Å². The number of carboxylic acids is 2. The Morgan fingerprint density at radius 1 is 0.418 bits per heavy atom. The molecule has 0 aliphatic carbocycles. The van der Waals surface area contributed by atoms with Gasteiger partial charge in [-0.25, -0.2) is 9.59 Å². The van der Waals surface area contributed by atoms with Crippen LogP contribution in [0, 0.1) is 13.8 Å². The normalized spacial score (nSPS) is 11.0. The van der Waals surface area contributed by atoms with Gasteiger partial charge in [-0.2, -0.15) is 26.3 Å². The molecule has 0 aliphatic rings. The molecule has 0 atom stereocenters. The molecule has 0 aliphatic heterocycles. The number of carboxylic acid groups (broad SMARTS) is 2.